The standard InChI is InChI=1S/C19H20ClNO4/c1-4-24-18-16(20)9-14(10-17(18)25-12(2)3)19(23)21-15-7-5-13(11-22)6-8-15/h5-12H,4H2,1-3H3,(H,21,23). The first-order valence-electron chi connectivity index (χ1n) is 7.94. The molecule has 0 bridgehead atoms. The second-order valence-electron chi connectivity index (χ2n) is 5.58. The van der Waals surface area contributed by atoms with E-state index in [9.17, 15) is 9.59 Å². The fourth-order valence-corrected chi connectivity index (χ4v) is 2.44. The lowest BCUT2D eigenvalue weighted by molar-refractivity contribution is 0.102. The third-order valence-corrected chi connectivity index (χ3v) is 3.51. The van der Waals surface area contributed by atoms with Crippen molar-refractivity contribution in [2.45, 2.75) is 26.9 Å². The Labute approximate surface area is 151 Å². The highest BCUT2D eigenvalue weighted by Gasteiger charge is 2.17. The minimum atomic E-state index is -0.336. The molecular weight excluding hydrogens is 342 g/mol. The van der Waals surface area contributed by atoms with E-state index in [2.05, 4.69) is 5.32 Å². The Kier molecular flexibility index (Phi) is 6.42. The summed E-state index contributed by atoms with van der Waals surface area (Å²) < 4.78 is 11.2. The van der Waals surface area contributed by atoms with E-state index >= 15 is 0 Å². The van der Waals surface area contributed by atoms with Gasteiger partial charge in [0, 0.05) is 16.8 Å². The number of nitrogens with one attached hydrogen (secondary N) is 1. The Morgan fingerprint density at radius 1 is 1.24 bits per heavy atom. The number of anilines is 1. The fraction of sp³-hybridized carbons (Fsp3) is 0.263. The van der Waals surface area contributed by atoms with E-state index in [1.165, 1.54) is 6.07 Å². The van der Waals surface area contributed by atoms with Gasteiger partial charge in [-0.05, 0) is 57.2 Å². The van der Waals surface area contributed by atoms with Crippen molar-refractivity contribution in [2.75, 3.05) is 11.9 Å². The molecule has 0 saturated heterocycles. The highest BCUT2D eigenvalue weighted by Crippen LogP contribution is 2.37. The van der Waals surface area contributed by atoms with Gasteiger partial charge in [0.2, 0.25) is 0 Å². The monoisotopic (exact) mass is 361 g/mol. The van der Waals surface area contributed by atoms with Crippen molar-refractivity contribution in [1.82, 2.24) is 0 Å². The largest absolute Gasteiger partial charge is 0.488 e. The molecule has 0 spiro atoms. The first kappa shape index (κ1) is 18.8. The minimum absolute atomic E-state index is 0.0931. The van der Waals surface area contributed by atoms with Crippen molar-refractivity contribution in [3.8, 4) is 11.5 Å². The number of ether oxygens (including phenoxy) is 2. The van der Waals surface area contributed by atoms with Gasteiger partial charge < -0.3 is 14.8 Å². The fourth-order valence-electron chi connectivity index (χ4n) is 2.17. The summed E-state index contributed by atoms with van der Waals surface area (Å²) in [4.78, 5) is 23.2. The highest BCUT2D eigenvalue weighted by molar-refractivity contribution is 6.32. The summed E-state index contributed by atoms with van der Waals surface area (Å²) >= 11 is 6.26. The van der Waals surface area contributed by atoms with Gasteiger partial charge in [-0.3, -0.25) is 9.59 Å². The molecule has 0 atom stereocenters. The number of carbonyl (C=O) groups is 2. The summed E-state index contributed by atoms with van der Waals surface area (Å²) in [6, 6.07) is 9.70. The highest BCUT2D eigenvalue weighted by atomic mass is 35.5. The van der Waals surface area contributed by atoms with Crippen LogP contribution in [0.3, 0.4) is 0 Å². The third-order valence-electron chi connectivity index (χ3n) is 3.23. The number of hydrogen-bond donors (Lipinski definition) is 1. The molecule has 0 fully saturated rings. The van der Waals surface area contributed by atoms with Gasteiger partial charge in [-0.2, -0.15) is 0 Å². The van der Waals surface area contributed by atoms with E-state index in [0.29, 0.717) is 39.9 Å². The van der Waals surface area contributed by atoms with Crippen LogP contribution in [0.15, 0.2) is 36.4 Å². The van der Waals surface area contributed by atoms with Crippen LogP contribution < -0.4 is 14.8 Å². The Balaban J connectivity index is 2.28. The van der Waals surface area contributed by atoms with E-state index in [-0.39, 0.29) is 12.0 Å². The lowest BCUT2D eigenvalue weighted by Crippen LogP contribution is -2.14. The van der Waals surface area contributed by atoms with Crippen molar-refractivity contribution in [2.24, 2.45) is 0 Å². The maximum Gasteiger partial charge on any atom is 0.255 e. The molecule has 25 heavy (non-hydrogen) atoms. The molecule has 2 rings (SSSR count). The molecule has 5 nitrogen and oxygen atoms in total. The number of hydrogen-bond acceptors (Lipinski definition) is 4. The maximum atomic E-state index is 12.5. The normalized spacial score (nSPS) is 10.4. The summed E-state index contributed by atoms with van der Waals surface area (Å²) in [5, 5.41) is 3.07. The third kappa shape index (κ3) is 4.97. The van der Waals surface area contributed by atoms with Crippen LogP contribution >= 0.6 is 11.6 Å². The van der Waals surface area contributed by atoms with Crippen molar-refractivity contribution in [3.05, 3.63) is 52.5 Å². The van der Waals surface area contributed by atoms with Crippen LogP contribution in [-0.2, 0) is 0 Å². The van der Waals surface area contributed by atoms with Crippen LogP contribution in [0.4, 0.5) is 5.69 Å². The maximum absolute atomic E-state index is 12.5. The van der Waals surface area contributed by atoms with Crippen LogP contribution in [0, 0.1) is 0 Å². The summed E-state index contributed by atoms with van der Waals surface area (Å²) in [6.45, 7) is 6.04. The van der Waals surface area contributed by atoms with Gasteiger partial charge in [-0.15, -0.1) is 0 Å². The van der Waals surface area contributed by atoms with Gasteiger partial charge in [-0.25, -0.2) is 0 Å². The number of benzene rings is 2. The average molecular weight is 362 g/mol. The molecule has 0 heterocycles. The molecule has 0 saturated carbocycles. The molecule has 0 aliphatic rings. The van der Waals surface area contributed by atoms with Gasteiger partial charge in [0.05, 0.1) is 17.7 Å². The summed E-state index contributed by atoms with van der Waals surface area (Å²) in [7, 11) is 0. The van der Waals surface area contributed by atoms with Crippen LogP contribution in [0.1, 0.15) is 41.5 Å². The van der Waals surface area contributed by atoms with E-state index in [0.717, 1.165) is 6.29 Å². The predicted molar refractivity (Wildman–Crippen MR) is 98.2 cm³/mol. The second-order valence-corrected chi connectivity index (χ2v) is 5.99. The lowest BCUT2D eigenvalue weighted by Gasteiger charge is -2.17. The Hall–Kier alpha value is -2.53. The predicted octanol–water partition coefficient (Wildman–Crippen LogP) is 4.59. The minimum Gasteiger partial charge on any atom is -0.488 e. The Bertz CT molecular complexity index is 757. The van der Waals surface area contributed by atoms with Gasteiger partial charge >= 0.3 is 0 Å². The van der Waals surface area contributed by atoms with Crippen LogP contribution in [0.5, 0.6) is 11.5 Å². The number of rotatable bonds is 7. The second kappa shape index (κ2) is 8.53. The smallest absolute Gasteiger partial charge is 0.255 e. The van der Waals surface area contributed by atoms with E-state index < -0.39 is 0 Å². The quantitative estimate of drug-likeness (QED) is 0.732. The molecule has 132 valence electrons. The molecule has 1 amide bonds. The topological polar surface area (TPSA) is 64.6 Å². The molecule has 6 heteroatoms. The molecule has 0 radical (unpaired) electrons. The molecule has 0 aliphatic carbocycles. The van der Waals surface area contributed by atoms with Crippen molar-refractivity contribution >= 4 is 29.5 Å². The first-order valence-corrected chi connectivity index (χ1v) is 8.32. The number of halogens is 1. The van der Waals surface area contributed by atoms with Crippen LogP contribution in [-0.4, -0.2) is 24.9 Å². The zero-order valence-electron chi connectivity index (χ0n) is 14.3. The number of aldehydes is 1. The number of amides is 1. The van der Waals surface area contributed by atoms with Crippen molar-refractivity contribution in [3.63, 3.8) is 0 Å². The molecule has 0 unspecified atom stereocenters. The van der Waals surface area contributed by atoms with Gasteiger partial charge in [0.1, 0.15) is 6.29 Å². The molecule has 0 aliphatic heterocycles. The van der Waals surface area contributed by atoms with Gasteiger partial charge in [0.15, 0.2) is 11.5 Å². The van der Waals surface area contributed by atoms with E-state index in [1.54, 1.807) is 30.3 Å². The molecule has 0 aromatic heterocycles. The van der Waals surface area contributed by atoms with Crippen molar-refractivity contribution < 1.29 is 19.1 Å². The lowest BCUT2D eigenvalue weighted by atomic mass is 10.1. The molecular formula is C19H20ClNO4. The van der Waals surface area contributed by atoms with Crippen molar-refractivity contribution in [1.29, 1.82) is 0 Å². The summed E-state index contributed by atoms with van der Waals surface area (Å²) in [6.07, 6.45) is 0.650. The Morgan fingerprint density at radius 3 is 2.48 bits per heavy atom. The van der Waals surface area contributed by atoms with E-state index in [4.69, 9.17) is 21.1 Å². The number of carbonyl (C=O) groups excluding carboxylic acids is 2. The first-order chi connectivity index (χ1) is 11.9. The summed E-state index contributed by atoms with van der Waals surface area (Å²) in [5.74, 6) is 0.507. The van der Waals surface area contributed by atoms with Gasteiger partial charge in [0.25, 0.3) is 5.91 Å². The molecule has 2 aromatic rings. The molecule has 1 N–H and O–H groups in total. The Morgan fingerprint density at radius 2 is 1.92 bits per heavy atom. The summed E-state index contributed by atoms with van der Waals surface area (Å²) in [5.41, 5.74) is 1.46. The molecule has 2 aromatic carbocycles. The van der Waals surface area contributed by atoms with E-state index in [1.807, 2.05) is 20.8 Å². The van der Waals surface area contributed by atoms with Crippen LogP contribution in [0.2, 0.25) is 5.02 Å². The van der Waals surface area contributed by atoms with Crippen LogP contribution in [0.25, 0.3) is 0 Å². The zero-order chi connectivity index (χ0) is 18.4. The van der Waals surface area contributed by atoms with Gasteiger partial charge in [-0.1, -0.05) is 11.6 Å². The zero-order valence-corrected chi connectivity index (χ0v) is 15.1. The SMILES string of the molecule is CCOc1c(Cl)cc(C(=O)Nc2ccc(C=O)cc2)cc1OC(C)C. The average Bonchev–Trinajstić information content (AvgIpc) is 2.58.